The Morgan fingerprint density at radius 2 is 1.25 bits per heavy atom. The number of ether oxygens (including phenoxy) is 1. The van der Waals surface area contributed by atoms with Crippen LogP contribution >= 0.6 is 24.8 Å². The van der Waals surface area contributed by atoms with Crippen LogP contribution in [0.3, 0.4) is 0 Å². The molecule has 32 heavy (non-hydrogen) atoms. The van der Waals surface area contributed by atoms with Crippen molar-refractivity contribution in [2.45, 2.75) is 18.4 Å². The van der Waals surface area contributed by atoms with Crippen LogP contribution in [0, 0.1) is 0 Å². The number of hydrogen-bond acceptors (Lipinski definition) is 10. The van der Waals surface area contributed by atoms with Gasteiger partial charge in [-0.15, -0.1) is 24.8 Å². The smallest absolute Gasteiger partial charge is 0.227 e. The molecule has 4 heterocycles. The summed E-state index contributed by atoms with van der Waals surface area (Å²) in [5.74, 6) is 0.0485. The minimum absolute atomic E-state index is 0. The normalized spacial score (nSPS) is 20.9. The van der Waals surface area contributed by atoms with Crippen molar-refractivity contribution in [2.75, 3.05) is 72.3 Å². The van der Waals surface area contributed by atoms with Gasteiger partial charge in [0.25, 0.3) is 0 Å². The Hall–Kier alpha value is -1.40. The monoisotopic (exact) mass is 496 g/mol. The Kier molecular flexibility index (Phi) is 11.4. The number of allylic oxidation sites excluding steroid dienone is 1. The molecular weight excluding hydrogens is 463 g/mol. The first-order valence-corrected chi connectivity index (χ1v) is 10.4. The number of nitrogens with zero attached hydrogens (tertiary/aromatic N) is 3. The van der Waals surface area contributed by atoms with Gasteiger partial charge in [0.15, 0.2) is 0 Å². The molecule has 0 aromatic carbocycles. The van der Waals surface area contributed by atoms with Gasteiger partial charge in [0, 0.05) is 58.6 Å². The van der Waals surface area contributed by atoms with Crippen LogP contribution in [0.1, 0.15) is 12.8 Å². The van der Waals surface area contributed by atoms with E-state index in [9.17, 15) is 9.59 Å². The zero-order valence-corrected chi connectivity index (χ0v) is 19.7. The first-order chi connectivity index (χ1) is 14.4. The number of ketones is 2. The summed E-state index contributed by atoms with van der Waals surface area (Å²) in [7, 11) is 0. The van der Waals surface area contributed by atoms with E-state index in [0.29, 0.717) is 17.1 Å². The Balaban J connectivity index is 0.000000290. The van der Waals surface area contributed by atoms with Crippen LogP contribution in [0.5, 0.6) is 0 Å². The molecular formula is C20H34Cl2N4O6. The van der Waals surface area contributed by atoms with Gasteiger partial charge in [0.1, 0.15) is 11.4 Å². The molecule has 12 heteroatoms. The summed E-state index contributed by atoms with van der Waals surface area (Å²) in [5, 5.41) is 25.0. The number of aliphatic hydroxyl groups excluding tert-OH is 3. The quantitative estimate of drug-likeness (QED) is 0.253. The van der Waals surface area contributed by atoms with Crippen molar-refractivity contribution in [3.63, 3.8) is 0 Å². The largest absolute Gasteiger partial charge is 0.394 e. The number of hydrogen-bond donors (Lipinski definition) is 4. The van der Waals surface area contributed by atoms with Crippen LogP contribution < -0.4 is 5.73 Å². The summed E-state index contributed by atoms with van der Waals surface area (Å²) < 4.78 is 4.94. The Bertz CT molecular complexity index is 697. The van der Waals surface area contributed by atoms with Gasteiger partial charge >= 0.3 is 0 Å². The molecule has 4 aliphatic heterocycles. The average Bonchev–Trinajstić information content (AvgIpc) is 3.63. The number of rotatable bonds is 6. The summed E-state index contributed by atoms with van der Waals surface area (Å²) in [6.07, 6.45) is 4.08. The second-order valence-corrected chi connectivity index (χ2v) is 8.04. The van der Waals surface area contributed by atoms with Gasteiger partial charge in [-0.3, -0.25) is 9.59 Å². The molecule has 0 spiro atoms. The Morgan fingerprint density at radius 1 is 0.812 bits per heavy atom. The first kappa shape index (κ1) is 28.6. The lowest BCUT2D eigenvalue weighted by Gasteiger charge is -2.21. The summed E-state index contributed by atoms with van der Waals surface area (Å²) >= 11 is 0. The van der Waals surface area contributed by atoms with Crippen LogP contribution in [0.2, 0.25) is 0 Å². The molecule has 0 atom stereocenters. The third kappa shape index (κ3) is 7.58. The van der Waals surface area contributed by atoms with Crippen LogP contribution in [-0.4, -0.2) is 119 Å². The predicted octanol–water partition coefficient (Wildman–Crippen LogP) is -1.52. The van der Waals surface area contributed by atoms with Crippen molar-refractivity contribution in [2.24, 2.45) is 5.73 Å². The van der Waals surface area contributed by atoms with Crippen molar-refractivity contribution in [3.8, 4) is 0 Å². The van der Waals surface area contributed by atoms with Crippen molar-refractivity contribution in [3.05, 3.63) is 23.2 Å². The van der Waals surface area contributed by atoms with Gasteiger partial charge in [-0.2, -0.15) is 0 Å². The minimum Gasteiger partial charge on any atom is -0.394 e. The summed E-state index contributed by atoms with van der Waals surface area (Å²) in [6, 6.07) is 0. The van der Waals surface area contributed by atoms with Crippen molar-refractivity contribution >= 4 is 36.4 Å². The van der Waals surface area contributed by atoms with Gasteiger partial charge in [0.05, 0.1) is 31.1 Å². The van der Waals surface area contributed by atoms with E-state index >= 15 is 0 Å². The minimum atomic E-state index is -1.21. The zero-order valence-electron chi connectivity index (χ0n) is 18.1. The predicted molar refractivity (Wildman–Crippen MR) is 123 cm³/mol. The molecule has 5 aliphatic rings. The number of aliphatic hydroxyl groups is 3. The third-order valence-electron chi connectivity index (χ3n) is 5.26. The molecule has 4 fully saturated rings. The second kappa shape index (κ2) is 12.7. The van der Waals surface area contributed by atoms with Gasteiger partial charge in [-0.25, -0.2) is 0 Å². The highest BCUT2D eigenvalue weighted by atomic mass is 35.5. The lowest BCUT2D eigenvalue weighted by atomic mass is 10.0. The van der Waals surface area contributed by atoms with E-state index in [-0.39, 0.29) is 36.4 Å². The van der Waals surface area contributed by atoms with Crippen LogP contribution in [0.15, 0.2) is 23.2 Å². The maximum absolute atomic E-state index is 12.4. The molecule has 1 aliphatic carbocycles. The zero-order chi connectivity index (χ0) is 21.7. The molecule has 10 nitrogen and oxygen atoms in total. The molecule has 5 N–H and O–H groups in total. The summed E-state index contributed by atoms with van der Waals surface area (Å²) in [5.41, 5.74) is 5.82. The molecule has 0 saturated carbocycles. The van der Waals surface area contributed by atoms with Gasteiger partial charge in [-0.05, 0) is 12.8 Å². The lowest BCUT2D eigenvalue weighted by molar-refractivity contribution is -0.117. The molecule has 0 unspecified atom stereocenters. The van der Waals surface area contributed by atoms with E-state index in [2.05, 4.69) is 0 Å². The molecule has 0 aromatic heterocycles. The van der Waals surface area contributed by atoms with E-state index in [0.717, 1.165) is 52.5 Å². The van der Waals surface area contributed by atoms with E-state index in [1.807, 2.05) is 14.7 Å². The first-order valence-electron chi connectivity index (χ1n) is 10.4. The van der Waals surface area contributed by atoms with Crippen molar-refractivity contribution < 1.29 is 29.6 Å². The van der Waals surface area contributed by atoms with Crippen molar-refractivity contribution in [1.82, 2.24) is 14.7 Å². The van der Waals surface area contributed by atoms with Gasteiger partial charge < -0.3 is 40.5 Å². The standard InChI is InChI=1S/C12H13N3O2.C4H11NO3.C4H8O.2ClH/c16-9-7-8(13-1-2-13)12(17)11(15-5-6-15)10(9)14-3-4-14;5-4(1-6,2-7)3-8;1-2-4-5-3-1;;/h7H,1-6H2;6-8H,1-3,5H2;1-4H2;2*1H. The number of carbonyl (C=O) groups is 2. The summed E-state index contributed by atoms with van der Waals surface area (Å²) in [6.45, 7) is 6.20. The van der Waals surface area contributed by atoms with Crippen LogP contribution in [0.25, 0.3) is 0 Å². The maximum Gasteiger partial charge on any atom is 0.227 e. The molecule has 0 aromatic rings. The number of Topliss-reactive ketones (excluding diaryl/α,β-unsaturated/α-hetero) is 1. The highest BCUT2D eigenvalue weighted by molar-refractivity contribution is 6.22. The fourth-order valence-electron chi connectivity index (χ4n) is 2.94. The maximum atomic E-state index is 12.4. The topological polar surface area (TPSA) is 139 Å². The third-order valence-corrected chi connectivity index (χ3v) is 5.26. The Labute approximate surface area is 200 Å². The Morgan fingerprint density at radius 3 is 1.56 bits per heavy atom. The molecule has 0 bridgehead atoms. The fraction of sp³-hybridized carbons (Fsp3) is 0.700. The molecule has 5 rings (SSSR count). The average molecular weight is 497 g/mol. The van der Waals surface area contributed by atoms with E-state index in [1.54, 1.807) is 0 Å². The molecule has 0 amide bonds. The number of carbonyl (C=O) groups excluding carboxylic acids is 2. The summed E-state index contributed by atoms with van der Waals surface area (Å²) in [4.78, 5) is 30.5. The highest BCUT2D eigenvalue weighted by Gasteiger charge is 2.43. The second-order valence-electron chi connectivity index (χ2n) is 8.04. The van der Waals surface area contributed by atoms with E-state index < -0.39 is 25.4 Å². The van der Waals surface area contributed by atoms with Gasteiger partial charge in [0.2, 0.25) is 11.6 Å². The van der Waals surface area contributed by atoms with Crippen LogP contribution in [0.4, 0.5) is 0 Å². The SMILES string of the molecule is C1CCOC1.Cl.Cl.NC(CO)(CO)CO.O=C1C=C(N2CC2)C(=O)C(N2CC2)=C1N1CC1. The highest BCUT2D eigenvalue weighted by Crippen LogP contribution is 2.33. The van der Waals surface area contributed by atoms with E-state index in [1.165, 1.54) is 18.9 Å². The lowest BCUT2D eigenvalue weighted by Crippen LogP contribution is -2.50. The van der Waals surface area contributed by atoms with Crippen LogP contribution in [-0.2, 0) is 14.3 Å². The number of halogens is 2. The van der Waals surface area contributed by atoms with Crippen molar-refractivity contribution in [1.29, 1.82) is 0 Å². The molecule has 4 saturated heterocycles. The molecule has 184 valence electrons. The van der Waals surface area contributed by atoms with Gasteiger partial charge in [-0.1, -0.05) is 0 Å². The van der Waals surface area contributed by atoms with E-state index in [4.69, 9.17) is 25.8 Å². The number of nitrogens with two attached hydrogens (primary N) is 1. The molecule has 0 radical (unpaired) electrons. The fourth-order valence-corrected chi connectivity index (χ4v) is 2.94.